The quantitative estimate of drug-likeness (QED) is 0.679. The maximum atomic E-state index is 13.2. The van der Waals surface area contributed by atoms with E-state index < -0.39 is 11.7 Å². The molecule has 0 bridgehead atoms. The minimum Gasteiger partial charge on any atom is -0.444 e. The summed E-state index contributed by atoms with van der Waals surface area (Å²) in [6.07, 6.45) is 1.91. The zero-order valence-electron chi connectivity index (χ0n) is 21.5. The predicted octanol–water partition coefficient (Wildman–Crippen LogP) is 3.75. The minimum absolute atomic E-state index is 0.0484. The minimum atomic E-state index is -0.538. The summed E-state index contributed by atoms with van der Waals surface area (Å²) in [6.45, 7) is 13.7. The molecule has 2 aromatic rings. The lowest BCUT2D eigenvalue weighted by molar-refractivity contribution is 0.0498. The number of benzene rings is 1. The van der Waals surface area contributed by atoms with Crippen molar-refractivity contribution in [2.75, 3.05) is 32.7 Å². The normalized spacial score (nSPS) is 21.0. The van der Waals surface area contributed by atoms with E-state index in [0.717, 1.165) is 56.1 Å². The fourth-order valence-electron chi connectivity index (χ4n) is 5.27. The van der Waals surface area contributed by atoms with Gasteiger partial charge in [0.2, 0.25) is 0 Å². The molecule has 3 unspecified atom stereocenters. The van der Waals surface area contributed by atoms with Gasteiger partial charge < -0.3 is 19.9 Å². The smallest absolute Gasteiger partial charge is 0.408 e. The van der Waals surface area contributed by atoms with Crippen LogP contribution in [-0.4, -0.2) is 70.1 Å². The van der Waals surface area contributed by atoms with Gasteiger partial charge in [-0.3, -0.25) is 4.79 Å². The molecule has 2 aliphatic rings. The van der Waals surface area contributed by atoms with Crippen molar-refractivity contribution in [2.24, 2.45) is 11.8 Å². The first-order chi connectivity index (χ1) is 16.6. The first kappa shape index (κ1) is 25.1. The predicted molar refractivity (Wildman–Crippen MR) is 134 cm³/mol. The molecule has 1 aromatic carbocycles. The number of ether oxygens (including phenoxy) is 1. The summed E-state index contributed by atoms with van der Waals surface area (Å²) in [5.41, 5.74) is 2.66. The molecule has 4 rings (SSSR count). The second-order valence-corrected chi connectivity index (χ2v) is 10.8. The second kappa shape index (κ2) is 10.3. The summed E-state index contributed by atoms with van der Waals surface area (Å²) >= 11 is 0. The molecule has 0 aliphatic carbocycles. The van der Waals surface area contributed by atoms with Crippen LogP contribution in [0.2, 0.25) is 0 Å². The summed E-state index contributed by atoms with van der Waals surface area (Å²) in [5, 5.41) is 3.06. The van der Waals surface area contributed by atoms with Gasteiger partial charge in [-0.15, -0.1) is 0 Å². The highest BCUT2D eigenvalue weighted by Crippen LogP contribution is 2.33. The molecule has 1 N–H and O–H groups in total. The van der Waals surface area contributed by atoms with Crippen molar-refractivity contribution in [3.8, 4) is 0 Å². The molecule has 3 heterocycles. The summed E-state index contributed by atoms with van der Waals surface area (Å²) < 4.78 is 5.50. The first-order valence-corrected chi connectivity index (χ1v) is 12.4. The Kier molecular flexibility index (Phi) is 7.40. The Morgan fingerprint density at radius 1 is 1.03 bits per heavy atom. The highest BCUT2D eigenvalue weighted by atomic mass is 16.6. The Morgan fingerprint density at radius 2 is 1.63 bits per heavy atom. The van der Waals surface area contributed by atoms with Crippen molar-refractivity contribution in [3.63, 3.8) is 0 Å². The highest BCUT2D eigenvalue weighted by Gasteiger charge is 2.42. The molecule has 188 valence electrons. The van der Waals surface area contributed by atoms with E-state index in [9.17, 15) is 9.59 Å². The van der Waals surface area contributed by atoms with E-state index in [2.05, 4.69) is 20.2 Å². The maximum absolute atomic E-state index is 13.2. The molecule has 2 aliphatic heterocycles. The fourth-order valence-corrected chi connectivity index (χ4v) is 5.27. The molecule has 2 fully saturated rings. The van der Waals surface area contributed by atoms with Gasteiger partial charge in [-0.2, -0.15) is 0 Å². The number of rotatable bonds is 6. The van der Waals surface area contributed by atoms with Crippen LogP contribution in [0.25, 0.3) is 0 Å². The molecule has 2 amide bonds. The van der Waals surface area contributed by atoms with Gasteiger partial charge in [0.15, 0.2) is 0 Å². The van der Waals surface area contributed by atoms with Crippen LogP contribution in [-0.2, 0) is 4.74 Å². The third-order valence-corrected chi connectivity index (χ3v) is 6.92. The van der Waals surface area contributed by atoms with Crippen LogP contribution in [0.4, 0.5) is 4.79 Å². The van der Waals surface area contributed by atoms with Gasteiger partial charge in [-0.1, -0.05) is 30.3 Å². The zero-order chi connectivity index (χ0) is 25.2. The third-order valence-electron chi connectivity index (χ3n) is 6.92. The maximum Gasteiger partial charge on any atom is 0.408 e. The molecule has 1 aromatic heterocycles. The summed E-state index contributed by atoms with van der Waals surface area (Å²) in [4.78, 5) is 38.5. The van der Waals surface area contributed by atoms with Crippen LogP contribution in [0.15, 0.2) is 36.7 Å². The third kappa shape index (κ3) is 6.17. The van der Waals surface area contributed by atoms with Gasteiger partial charge in [-0.25, -0.2) is 14.8 Å². The number of nitrogens with one attached hydrogen (secondary N) is 1. The van der Waals surface area contributed by atoms with Crippen molar-refractivity contribution in [2.45, 2.75) is 52.7 Å². The molecule has 8 heteroatoms. The van der Waals surface area contributed by atoms with Gasteiger partial charge in [0.05, 0.1) is 23.0 Å². The lowest BCUT2D eigenvalue weighted by atomic mass is 10.0. The molecule has 0 radical (unpaired) electrons. The van der Waals surface area contributed by atoms with Gasteiger partial charge in [-0.05, 0) is 58.4 Å². The van der Waals surface area contributed by atoms with Gasteiger partial charge in [0.1, 0.15) is 11.9 Å². The van der Waals surface area contributed by atoms with Crippen molar-refractivity contribution in [1.82, 2.24) is 25.1 Å². The van der Waals surface area contributed by atoms with Crippen LogP contribution in [0.5, 0.6) is 0 Å². The monoisotopic (exact) mass is 479 g/mol. The number of fused-ring (bicyclic) bond motifs is 1. The zero-order valence-corrected chi connectivity index (χ0v) is 21.5. The molecular weight excluding hydrogens is 442 g/mol. The van der Waals surface area contributed by atoms with E-state index in [0.29, 0.717) is 17.4 Å². The molecule has 35 heavy (non-hydrogen) atoms. The Hall–Kier alpha value is -3.00. The van der Waals surface area contributed by atoms with E-state index >= 15 is 0 Å². The average Bonchev–Trinajstić information content (AvgIpc) is 3.35. The largest absolute Gasteiger partial charge is 0.444 e. The highest BCUT2D eigenvalue weighted by molar-refractivity contribution is 5.96. The lowest BCUT2D eigenvalue weighted by Gasteiger charge is -2.26. The van der Waals surface area contributed by atoms with E-state index in [-0.39, 0.29) is 11.9 Å². The molecule has 2 saturated heterocycles. The van der Waals surface area contributed by atoms with Crippen molar-refractivity contribution in [1.29, 1.82) is 0 Å². The molecular formula is C27H37N5O3. The number of nitrogens with zero attached hydrogens (tertiary/aromatic N) is 4. The summed E-state index contributed by atoms with van der Waals surface area (Å²) in [7, 11) is 0. The molecule has 8 nitrogen and oxygen atoms in total. The van der Waals surface area contributed by atoms with Crippen LogP contribution in [0, 0.1) is 25.7 Å². The van der Waals surface area contributed by atoms with E-state index in [1.807, 2.05) is 69.9 Å². The molecule has 0 saturated carbocycles. The Morgan fingerprint density at radius 3 is 2.20 bits per heavy atom. The number of aryl methyl sites for hydroxylation is 2. The number of alkyl carbamates (subject to hydrolysis) is 1. The second-order valence-electron chi connectivity index (χ2n) is 10.8. The Balaban J connectivity index is 1.33. The average molecular weight is 480 g/mol. The topological polar surface area (TPSA) is 87.7 Å². The number of likely N-dealkylation sites (tertiary alicyclic amines) is 2. The molecule has 3 atom stereocenters. The summed E-state index contributed by atoms with van der Waals surface area (Å²) in [6, 6.07) is 9.93. The van der Waals surface area contributed by atoms with Crippen molar-refractivity contribution < 1.29 is 14.3 Å². The fraction of sp³-hybridized carbons (Fsp3) is 0.556. The van der Waals surface area contributed by atoms with Gasteiger partial charge in [0.25, 0.3) is 5.91 Å². The van der Waals surface area contributed by atoms with Crippen LogP contribution in [0.3, 0.4) is 0 Å². The number of aromatic nitrogens is 2. The summed E-state index contributed by atoms with van der Waals surface area (Å²) in [5.74, 6) is 0.989. The first-order valence-electron chi connectivity index (χ1n) is 12.4. The van der Waals surface area contributed by atoms with Gasteiger partial charge >= 0.3 is 6.09 Å². The number of carbonyl (C=O) groups excluding carboxylic acids is 2. The van der Waals surface area contributed by atoms with Crippen LogP contribution < -0.4 is 5.32 Å². The number of hydrogen-bond acceptors (Lipinski definition) is 6. The number of hydrogen-bond donors (Lipinski definition) is 1. The lowest BCUT2D eigenvalue weighted by Crippen LogP contribution is -2.37. The van der Waals surface area contributed by atoms with E-state index in [1.165, 1.54) is 6.33 Å². The van der Waals surface area contributed by atoms with Crippen molar-refractivity contribution >= 4 is 12.0 Å². The number of carbonyl (C=O) groups is 2. The van der Waals surface area contributed by atoms with Crippen molar-refractivity contribution in [3.05, 3.63) is 59.2 Å². The SMILES string of the molecule is Cc1ncnc(C)c1C(=O)N1CC2CN(CCC(NC(=O)OC(C)(C)C)c3ccccc3)CC2C1. The van der Waals surface area contributed by atoms with Crippen LogP contribution in [0.1, 0.15) is 60.5 Å². The Bertz CT molecular complexity index is 1020. The van der Waals surface area contributed by atoms with Gasteiger partial charge in [0, 0.05) is 32.7 Å². The van der Waals surface area contributed by atoms with Crippen LogP contribution >= 0.6 is 0 Å². The standard InChI is InChI=1S/C27H37N5O3/c1-18-24(19(2)29-17-28-18)25(33)32-15-21-13-31(14-22(21)16-32)12-11-23(20-9-7-6-8-10-20)30-26(34)35-27(3,4)5/h6-10,17,21-23H,11-16H2,1-5H3,(H,30,34). The van der Waals surface area contributed by atoms with E-state index in [4.69, 9.17) is 4.74 Å². The molecule has 0 spiro atoms. The number of amides is 2. The van der Waals surface area contributed by atoms with E-state index in [1.54, 1.807) is 0 Å². The Labute approximate surface area is 208 Å².